The Hall–Kier alpha value is -3.66. The van der Waals surface area contributed by atoms with E-state index in [9.17, 15) is 19.5 Å². The summed E-state index contributed by atoms with van der Waals surface area (Å²) in [4.78, 5) is 42.4. The van der Waals surface area contributed by atoms with E-state index in [4.69, 9.17) is 15.6 Å². The molecule has 33 heavy (non-hydrogen) atoms. The Morgan fingerprint density at radius 1 is 1.15 bits per heavy atom. The second kappa shape index (κ2) is 11.3. The van der Waals surface area contributed by atoms with Crippen LogP contribution in [0, 0.1) is 0 Å². The highest BCUT2D eigenvalue weighted by Gasteiger charge is 2.30. The van der Waals surface area contributed by atoms with E-state index in [0.29, 0.717) is 37.4 Å². The lowest BCUT2D eigenvalue weighted by atomic mass is 10.0. The molecular weight excluding hydrogens is 428 g/mol. The number of hydrogen-bond donors (Lipinski definition) is 4. The molecule has 1 unspecified atom stereocenters. The maximum absolute atomic E-state index is 13.3. The zero-order valence-corrected chi connectivity index (χ0v) is 18.1. The van der Waals surface area contributed by atoms with E-state index in [0.717, 1.165) is 5.56 Å². The Balaban J connectivity index is 1.65. The lowest BCUT2D eigenvalue weighted by Gasteiger charge is -2.34. The number of rotatable bonds is 9. The first kappa shape index (κ1) is 24.0. The summed E-state index contributed by atoms with van der Waals surface area (Å²) in [5, 5.41) is 21.1. The predicted octanol–water partition coefficient (Wildman–Crippen LogP) is 0.732. The number of aromatic hydroxyl groups is 1. The number of ether oxygens (including phenoxy) is 1. The molecule has 0 saturated carbocycles. The molecule has 1 aliphatic rings. The summed E-state index contributed by atoms with van der Waals surface area (Å²) in [6, 6.07) is 10.7. The summed E-state index contributed by atoms with van der Waals surface area (Å²) >= 11 is 0. The molecule has 2 heterocycles. The fourth-order valence-corrected chi connectivity index (χ4v) is 3.73. The van der Waals surface area contributed by atoms with Gasteiger partial charge in [0.05, 0.1) is 18.2 Å². The third-order valence-corrected chi connectivity index (χ3v) is 5.38. The number of piperidine rings is 1. The molecule has 10 heteroatoms. The molecular formula is C23H28N4O6. The number of likely N-dealkylation sites (tertiary alicyclic amines) is 1. The van der Waals surface area contributed by atoms with Gasteiger partial charge in [0.2, 0.25) is 11.8 Å². The number of phenolic OH excluding ortho intramolecular Hbond substituents is 1. The Labute approximate surface area is 191 Å². The predicted molar refractivity (Wildman–Crippen MR) is 119 cm³/mol. The number of nitrogen functional groups attached to an aromatic ring is 1. The van der Waals surface area contributed by atoms with Gasteiger partial charge < -0.3 is 30.9 Å². The van der Waals surface area contributed by atoms with Crippen molar-refractivity contribution in [3.8, 4) is 5.75 Å². The molecule has 0 aliphatic carbocycles. The average Bonchev–Trinajstić information content (AvgIpc) is 2.78. The maximum atomic E-state index is 13.3. The van der Waals surface area contributed by atoms with Gasteiger partial charge in [-0.25, -0.2) is 9.78 Å². The molecule has 1 aromatic carbocycles. The number of phenols is 1. The Bertz CT molecular complexity index is 973. The smallest absolute Gasteiger partial charge is 0.329 e. The van der Waals surface area contributed by atoms with E-state index in [1.165, 1.54) is 12.1 Å². The summed E-state index contributed by atoms with van der Waals surface area (Å²) in [6.07, 6.45) is 1.06. The van der Waals surface area contributed by atoms with E-state index in [2.05, 4.69) is 10.3 Å². The lowest BCUT2D eigenvalue weighted by Crippen LogP contribution is -2.52. The Morgan fingerprint density at radius 3 is 2.48 bits per heavy atom. The minimum absolute atomic E-state index is 0.0184. The van der Waals surface area contributed by atoms with Crippen LogP contribution in [0.25, 0.3) is 0 Å². The van der Waals surface area contributed by atoms with Crippen LogP contribution >= 0.6 is 0 Å². The third-order valence-electron chi connectivity index (χ3n) is 5.38. The van der Waals surface area contributed by atoms with Crippen LogP contribution in [0.5, 0.6) is 5.75 Å². The molecule has 5 N–H and O–H groups in total. The van der Waals surface area contributed by atoms with E-state index in [1.54, 1.807) is 35.2 Å². The summed E-state index contributed by atoms with van der Waals surface area (Å²) in [6.45, 7) is 0.444. The van der Waals surface area contributed by atoms with E-state index >= 15 is 0 Å². The van der Waals surface area contributed by atoms with Gasteiger partial charge in [-0.2, -0.15) is 0 Å². The van der Waals surface area contributed by atoms with Crippen molar-refractivity contribution >= 4 is 23.6 Å². The number of pyridine rings is 1. The quantitative estimate of drug-likeness (QED) is 0.430. The van der Waals surface area contributed by atoms with Gasteiger partial charge in [-0.3, -0.25) is 9.59 Å². The van der Waals surface area contributed by atoms with Crippen molar-refractivity contribution in [1.29, 1.82) is 0 Å². The summed E-state index contributed by atoms with van der Waals surface area (Å²) < 4.78 is 5.33. The maximum Gasteiger partial charge on any atom is 0.329 e. The molecule has 10 nitrogen and oxygen atoms in total. The molecule has 0 spiro atoms. The van der Waals surface area contributed by atoms with E-state index < -0.39 is 12.0 Å². The normalized spacial score (nSPS) is 15.1. The molecule has 3 rings (SSSR count). The number of carbonyl (C=O) groups excluding carboxylic acids is 2. The topological polar surface area (TPSA) is 155 Å². The first-order valence-corrected chi connectivity index (χ1v) is 10.7. The number of carboxylic acids is 1. The fourth-order valence-electron chi connectivity index (χ4n) is 3.73. The van der Waals surface area contributed by atoms with Gasteiger partial charge in [-0.05, 0) is 42.7 Å². The number of nitrogens with zero attached hydrogens (tertiary/aromatic N) is 2. The van der Waals surface area contributed by atoms with Crippen LogP contribution in [0.4, 0.5) is 5.82 Å². The summed E-state index contributed by atoms with van der Waals surface area (Å²) in [5.74, 6) is -1.19. The summed E-state index contributed by atoms with van der Waals surface area (Å²) in [7, 11) is 0. The number of carbonyl (C=O) groups is 3. The van der Waals surface area contributed by atoms with Gasteiger partial charge >= 0.3 is 5.97 Å². The number of hydrogen-bond acceptors (Lipinski definition) is 7. The molecule has 0 bridgehead atoms. The largest absolute Gasteiger partial charge is 0.508 e. The first-order chi connectivity index (χ1) is 15.8. The Kier molecular flexibility index (Phi) is 8.20. The number of nitrogens with two attached hydrogens (primary N) is 1. The highest BCUT2D eigenvalue weighted by molar-refractivity contribution is 5.88. The van der Waals surface area contributed by atoms with Gasteiger partial charge in [0.15, 0.2) is 0 Å². The number of aliphatic carboxylic acids is 1. The van der Waals surface area contributed by atoms with Crippen LogP contribution < -0.4 is 11.1 Å². The molecule has 2 aromatic rings. The number of nitrogens with one attached hydrogen (secondary N) is 1. The molecule has 1 atom stereocenters. The zero-order valence-electron chi connectivity index (χ0n) is 18.1. The van der Waals surface area contributed by atoms with Crippen LogP contribution in [-0.2, 0) is 32.0 Å². The molecule has 1 aliphatic heterocycles. The van der Waals surface area contributed by atoms with Crippen LogP contribution in [0.2, 0.25) is 0 Å². The number of amides is 2. The van der Waals surface area contributed by atoms with Crippen molar-refractivity contribution in [1.82, 2.24) is 15.2 Å². The van der Waals surface area contributed by atoms with Crippen molar-refractivity contribution in [3.05, 3.63) is 53.7 Å². The molecule has 0 radical (unpaired) electrons. The molecule has 1 saturated heterocycles. The first-order valence-electron chi connectivity index (χ1n) is 10.7. The SMILES string of the molecule is Nc1cccc(CC(=O)NC(Cc2ccc(O)cc2)C(=O)N2CCC(OCC(=O)O)CC2)n1. The lowest BCUT2D eigenvalue weighted by molar-refractivity contribution is -0.147. The fraction of sp³-hybridized carbons (Fsp3) is 0.391. The third kappa shape index (κ3) is 7.46. The summed E-state index contributed by atoms with van der Waals surface area (Å²) in [5.41, 5.74) is 6.96. The molecule has 2 amide bonds. The highest BCUT2D eigenvalue weighted by Crippen LogP contribution is 2.17. The second-order valence-electron chi connectivity index (χ2n) is 7.95. The van der Waals surface area contributed by atoms with Crippen LogP contribution in [0.1, 0.15) is 24.1 Å². The van der Waals surface area contributed by atoms with Gasteiger partial charge in [-0.1, -0.05) is 18.2 Å². The molecule has 176 valence electrons. The van der Waals surface area contributed by atoms with Gasteiger partial charge in [0, 0.05) is 19.5 Å². The van der Waals surface area contributed by atoms with Crippen LogP contribution in [0.3, 0.4) is 0 Å². The zero-order chi connectivity index (χ0) is 23.8. The van der Waals surface area contributed by atoms with E-state index in [-0.39, 0.29) is 43.1 Å². The minimum atomic E-state index is -1.03. The van der Waals surface area contributed by atoms with Crippen molar-refractivity contribution in [3.63, 3.8) is 0 Å². The van der Waals surface area contributed by atoms with Crippen LogP contribution in [0.15, 0.2) is 42.5 Å². The van der Waals surface area contributed by atoms with Crippen molar-refractivity contribution in [2.24, 2.45) is 0 Å². The number of anilines is 1. The number of aromatic nitrogens is 1. The monoisotopic (exact) mass is 456 g/mol. The highest BCUT2D eigenvalue weighted by atomic mass is 16.5. The van der Waals surface area contributed by atoms with Crippen molar-refractivity contribution < 1.29 is 29.3 Å². The van der Waals surface area contributed by atoms with Crippen molar-refractivity contribution in [2.75, 3.05) is 25.4 Å². The average molecular weight is 456 g/mol. The second-order valence-corrected chi connectivity index (χ2v) is 7.95. The van der Waals surface area contributed by atoms with Crippen LogP contribution in [-0.4, -0.2) is 69.7 Å². The van der Waals surface area contributed by atoms with E-state index in [1.807, 2.05) is 0 Å². The number of benzene rings is 1. The molecule has 1 fully saturated rings. The standard InChI is InChI=1S/C23H28N4O6/c24-20-3-1-2-16(25-20)13-21(29)26-19(12-15-4-6-17(28)7-5-15)23(32)27-10-8-18(9-11-27)33-14-22(30)31/h1-7,18-19,28H,8-14H2,(H2,24,25)(H,26,29)(H,30,31). The van der Waals surface area contributed by atoms with Crippen molar-refractivity contribution in [2.45, 2.75) is 37.8 Å². The van der Waals surface area contributed by atoms with Gasteiger partial charge in [0.25, 0.3) is 0 Å². The van der Waals surface area contributed by atoms with Gasteiger partial charge in [0.1, 0.15) is 24.2 Å². The van der Waals surface area contributed by atoms with Gasteiger partial charge in [-0.15, -0.1) is 0 Å². The minimum Gasteiger partial charge on any atom is -0.508 e. The molecule has 1 aromatic heterocycles. The number of carboxylic acid groups (broad SMARTS) is 1. The Morgan fingerprint density at radius 2 is 1.85 bits per heavy atom.